The predicted octanol–water partition coefficient (Wildman–Crippen LogP) is 3.54. The fraction of sp³-hybridized carbons (Fsp3) is 0.125. The van der Waals surface area contributed by atoms with Crippen molar-refractivity contribution in [3.8, 4) is 11.8 Å². The van der Waals surface area contributed by atoms with E-state index in [1.165, 1.54) is 0 Å². The molecule has 0 aromatic heterocycles. The van der Waals surface area contributed by atoms with Gasteiger partial charge in [0.15, 0.2) is 0 Å². The first-order valence-corrected chi connectivity index (χ1v) is 5.73. The molecule has 0 spiro atoms. The molecule has 84 valence electrons. The second-order valence-corrected chi connectivity index (χ2v) is 3.87. The quantitative estimate of drug-likeness (QED) is 0.765. The maximum Gasteiger partial charge on any atom is 0.0852 e. The van der Waals surface area contributed by atoms with E-state index >= 15 is 0 Å². The lowest BCUT2D eigenvalue weighted by Gasteiger charge is -2.08. The Morgan fingerprint density at radius 1 is 0.882 bits per heavy atom. The van der Waals surface area contributed by atoms with Crippen LogP contribution in [0.3, 0.4) is 0 Å². The summed E-state index contributed by atoms with van der Waals surface area (Å²) >= 11 is 0. The first-order chi connectivity index (χ1) is 8.34. The second kappa shape index (κ2) is 5.77. The molecule has 0 heterocycles. The van der Waals surface area contributed by atoms with Gasteiger partial charge in [0.1, 0.15) is 0 Å². The van der Waals surface area contributed by atoms with Gasteiger partial charge in [-0.1, -0.05) is 48.2 Å². The molecule has 0 radical (unpaired) electrons. The summed E-state index contributed by atoms with van der Waals surface area (Å²) in [6.07, 6.45) is 0. The van der Waals surface area contributed by atoms with Gasteiger partial charge in [-0.15, -0.1) is 0 Å². The highest BCUT2D eigenvalue weighted by Crippen LogP contribution is 2.06. The Morgan fingerprint density at radius 2 is 1.47 bits per heavy atom. The highest BCUT2D eigenvalue weighted by Gasteiger charge is 1.95. The third-order valence-electron chi connectivity index (χ3n) is 2.36. The lowest BCUT2D eigenvalue weighted by Crippen LogP contribution is -2.12. The molecular formula is C16H15N. The van der Waals surface area contributed by atoms with Crippen LogP contribution in [0.2, 0.25) is 0 Å². The molecule has 0 amide bonds. The highest BCUT2D eigenvalue weighted by atomic mass is 14.9. The minimum atomic E-state index is 0.137. The average molecular weight is 221 g/mol. The molecule has 17 heavy (non-hydrogen) atoms. The number of rotatable bonds is 2. The maximum absolute atomic E-state index is 3.34. The van der Waals surface area contributed by atoms with Crippen LogP contribution in [0, 0.1) is 11.8 Å². The van der Waals surface area contributed by atoms with Crippen LogP contribution in [0.1, 0.15) is 12.5 Å². The first kappa shape index (κ1) is 11.3. The van der Waals surface area contributed by atoms with Crippen molar-refractivity contribution in [3.63, 3.8) is 0 Å². The van der Waals surface area contributed by atoms with E-state index in [0.717, 1.165) is 11.3 Å². The van der Waals surface area contributed by atoms with E-state index in [1.807, 2.05) is 60.7 Å². The fourth-order valence-corrected chi connectivity index (χ4v) is 1.53. The van der Waals surface area contributed by atoms with E-state index in [9.17, 15) is 0 Å². The number of anilines is 1. The molecule has 1 heteroatoms. The smallest absolute Gasteiger partial charge is 0.0852 e. The summed E-state index contributed by atoms with van der Waals surface area (Å²) in [7, 11) is 0. The molecule has 1 atom stereocenters. The van der Waals surface area contributed by atoms with Crippen LogP contribution >= 0.6 is 0 Å². The Labute approximate surface area is 102 Å². The van der Waals surface area contributed by atoms with E-state index in [0.29, 0.717) is 0 Å². The van der Waals surface area contributed by atoms with Crippen LogP contribution in [0.4, 0.5) is 5.69 Å². The summed E-state index contributed by atoms with van der Waals surface area (Å²) in [4.78, 5) is 0. The number of para-hydroxylation sites is 1. The van der Waals surface area contributed by atoms with Gasteiger partial charge >= 0.3 is 0 Å². The number of nitrogens with one attached hydrogen (secondary N) is 1. The highest BCUT2D eigenvalue weighted by molar-refractivity contribution is 5.46. The Bertz CT molecular complexity index is 505. The summed E-state index contributed by atoms with van der Waals surface area (Å²) < 4.78 is 0. The summed E-state index contributed by atoms with van der Waals surface area (Å²) in [6, 6.07) is 20.3. The van der Waals surface area contributed by atoms with Crippen molar-refractivity contribution in [2.75, 3.05) is 5.32 Å². The van der Waals surface area contributed by atoms with Crippen LogP contribution in [0.25, 0.3) is 0 Å². The summed E-state index contributed by atoms with van der Waals surface area (Å²) in [5.41, 5.74) is 2.15. The maximum atomic E-state index is 3.34. The molecule has 0 saturated carbocycles. The van der Waals surface area contributed by atoms with Crippen LogP contribution in [-0.4, -0.2) is 6.04 Å². The summed E-state index contributed by atoms with van der Waals surface area (Å²) in [5, 5.41) is 3.34. The standard InChI is InChI=1S/C16H15N/c1-14(17-16-10-6-3-7-11-16)12-13-15-8-4-2-5-9-15/h2-11,14,17H,1H3. The average Bonchev–Trinajstić information content (AvgIpc) is 2.39. The predicted molar refractivity (Wildman–Crippen MR) is 72.8 cm³/mol. The van der Waals surface area contributed by atoms with Gasteiger partial charge < -0.3 is 5.32 Å². The molecule has 1 N–H and O–H groups in total. The summed E-state index contributed by atoms with van der Waals surface area (Å²) in [5.74, 6) is 6.34. The molecule has 0 aliphatic heterocycles. The molecule has 0 aliphatic rings. The third kappa shape index (κ3) is 3.70. The van der Waals surface area contributed by atoms with Crippen LogP contribution < -0.4 is 5.32 Å². The number of benzene rings is 2. The Kier molecular flexibility index (Phi) is 3.83. The third-order valence-corrected chi connectivity index (χ3v) is 2.36. The van der Waals surface area contributed by atoms with E-state index in [2.05, 4.69) is 24.1 Å². The first-order valence-electron chi connectivity index (χ1n) is 5.73. The van der Waals surface area contributed by atoms with Gasteiger partial charge in [0, 0.05) is 11.3 Å². The van der Waals surface area contributed by atoms with Crippen molar-refractivity contribution >= 4 is 5.69 Å². The Hall–Kier alpha value is -2.20. The molecule has 2 aromatic rings. The zero-order valence-corrected chi connectivity index (χ0v) is 9.85. The van der Waals surface area contributed by atoms with Crippen molar-refractivity contribution in [2.24, 2.45) is 0 Å². The van der Waals surface area contributed by atoms with Gasteiger partial charge in [-0.25, -0.2) is 0 Å². The minimum absolute atomic E-state index is 0.137. The van der Waals surface area contributed by atoms with Crippen molar-refractivity contribution in [1.29, 1.82) is 0 Å². The topological polar surface area (TPSA) is 12.0 Å². The van der Waals surface area contributed by atoms with Crippen molar-refractivity contribution < 1.29 is 0 Å². The molecular weight excluding hydrogens is 206 g/mol. The van der Waals surface area contributed by atoms with Gasteiger partial charge in [0.05, 0.1) is 6.04 Å². The van der Waals surface area contributed by atoms with Crippen molar-refractivity contribution in [1.82, 2.24) is 0 Å². The van der Waals surface area contributed by atoms with Crippen LogP contribution in [0.5, 0.6) is 0 Å². The lowest BCUT2D eigenvalue weighted by atomic mass is 10.2. The molecule has 0 saturated heterocycles. The minimum Gasteiger partial charge on any atom is -0.372 e. The molecule has 2 rings (SSSR count). The van der Waals surface area contributed by atoms with Gasteiger partial charge in [0.25, 0.3) is 0 Å². The van der Waals surface area contributed by atoms with E-state index in [4.69, 9.17) is 0 Å². The van der Waals surface area contributed by atoms with Gasteiger partial charge in [-0.2, -0.15) is 0 Å². The van der Waals surface area contributed by atoms with Crippen LogP contribution in [-0.2, 0) is 0 Å². The lowest BCUT2D eigenvalue weighted by molar-refractivity contribution is 1.03. The number of hydrogen-bond donors (Lipinski definition) is 1. The van der Waals surface area contributed by atoms with Gasteiger partial charge in [0.2, 0.25) is 0 Å². The Balaban J connectivity index is 1.99. The monoisotopic (exact) mass is 221 g/mol. The van der Waals surface area contributed by atoms with E-state index in [1.54, 1.807) is 0 Å². The normalized spacial score (nSPS) is 11.1. The molecule has 0 bridgehead atoms. The van der Waals surface area contributed by atoms with E-state index in [-0.39, 0.29) is 6.04 Å². The fourth-order valence-electron chi connectivity index (χ4n) is 1.53. The molecule has 0 aliphatic carbocycles. The van der Waals surface area contributed by atoms with Crippen molar-refractivity contribution in [3.05, 3.63) is 66.2 Å². The Morgan fingerprint density at radius 3 is 2.12 bits per heavy atom. The zero-order chi connectivity index (χ0) is 11.9. The van der Waals surface area contributed by atoms with Gasteiger partial charge in [-0.05, 0) is 31.2 Å². The second-order valence-electron chi connectivity index (χ2n) is 3.87. The molecule has 0 fully saturated rings. The van der Waals surface area contributed by atoms with E-state index < -0.39 is 0 Å². The molecule has 2 aromatic carbocycles. The molecule has 1 unspecified atom stereocenters. The molecule has 1 nitrogen and oxygen atoms in total. The van der Waals surface area contributed by atoms with Crippen molar-refractivity contribution in [2.45, 2.75) is 13.0 Å². The SMILES string of the molecule is CC(C#Cc1ccccc1)Nc1ccccc1. The van der Waals surface area contributed by atoms with Crippen LogP contribution in [0.15, 0.2) is 60.7 Å². The summed E-state index contributed by atoms with van der Waals surface area (Å²) in [6.45, 7) is 2.06. The number of hydrogen-bond acceptors (Lipinski definition) is 1. The largest absolute Gasteiger partial charge is 0.372 e. The zero-order valence-electron chi connectivity index (χ0n) is 9.85. The van der Waals surface area contributed by atoms with Gasteiger partial charge in [-0.3, -0.25) is 0 Å².